The minimum absolute atomic E-state index is 0.00495. The highest BCUT2D eigenvalue weighted by Crippen LogP contribution is 2.35. The van der Waals surface area contributed by atoms with Crippen molar-refractivity contribution in [2.75, 3.05) is 14.2 Å². The van der Waals surface area contributed by atoms with Crippen molar-refractivity contribution in [1.82, 2.24) is 4.31 Å². The van der Waals surface area contributed by atoms with Crippen molar-refractivity contribution in [1.29, 1.82) is 0 Å². The van der Waals surface area contributed by atoms with E-state index < -0.39 is 10.0 Å². The van der Waals surface area contributed by atoms with Crippen LogP contribution in [0.5, 0.6) is 11.5 Å². The maximum Gasteiger partial charge on any atom is 0.247 e. The molecule has 0 spiro atoms. The van der Waals surface area contributed by atoms with Gasteiger partial charge >= 0.3 is 0 Å². The van der Waals surface area contributed by atoms with Crippen molar-refractivity contribution < 1.29 is 17.9 Å². The molecule has 0 saturated carbocycles. The van der Waals surface area contributed by atoms with Gasteiger partial charge in [-0.2, -0.15) is 4.31 Å². The van der Waals surface area contributed by atoms with Gasteiger partial charge in [-0.1, -0.05) is 6.42 Å². The summed E-state index contributed by atoms with van der Waals surface area (Å²) in [5.74, 6) is 0.854. The Balaban J connectivity index is 2.52. The van der Waals surface area contributed by atoms with Gasteiger partial charge in [-0.05, 0) is 38.8 Å². The van der Waals surface area contributed by atoms with Crippen molar-refractivity contribution in [3.05, 3.63) is 18.2 Å². The molecule has 5 nitrogen and oxygen atoms in total. The molecule has 1 aromatic carbocycles. The first-order chi connectivity index (χ1) is 9.91. The maximum atomic E-state index is 13.0. The molecule has 118 valence electrons. The van der Waals surface area contributed by atoms with Crippen LogP contribution in [-0.2, 0) is 10.0 Å². The highest BCUT2D eigenvalue weighted by atomic mass is 32.2. The summed E-state index contributed by atoms with van der Waals surface area (Å²) < 4.78 is 38.1. The smallest absolute Gasteiger partial charge is 0.247 e. The second-order valence-corrected chi connectivity index (χ2v) is 7.29. The van der Waals surface area contributed by atoms with Crippen molar-refractivity contribution in [2.45, 2.75) is 50.1 Å². The molecule has 0 aromatic heterocycles. The van der Waals surface area contributed by atoms with Gasteiger partial charge in [-0.25, -0.2) is 8.42 Å². The van der Waals surface area contributed by atoms with Gasteiger partial charge in [0.05, 0.1) is 14.2 Å². The second kappa shape index (κ2) is 6.23. The van der Waals surface area contributed by atoms with E-state index >= 15 is 0 Å². The summed E-state index contributed by atoms with van der Waals surface area (Å²) in [6.07, 6.45) is 2.83. The highest BCUT2D eigenvalue weighted by molar-refractivity contribution is 7.89. The summed E-state index contributed by atoms with van der Waals surface area (Å²) >= 11 is 0. The first kappa shape index (κ1) is 16.1. The lowest BCUT2D eigenvalue weighted by Gasteiger charge is -2.37. The molecule has 1 heterocycles. The Labute approximate surface area is 126 Å². The fourth-order valence-electron chi connectivity index (χ4n) is 2.97. The van der Waals surface area contributed by atoms with E-state index in [2.05, 4.69) is 0 Å². The monoisotopic (exact) mass is 313 g/mol. The lowest BCUT2D eigenvalue weighted by Crippen LogP contribution is -2.47. The molecule has 0 bridgehead atoms. The lowest BCUT2D eigenvalue weighted by molar-refractivity contribution is 0.203. The van der Waals surface area contributed by atoms with E-state index in [1.54, 1.807) is 16.4 Å². The first-order valence-corrected chi connectivity index (χ1v) is 8.61. The van der Waals surface area contributed by atoms with Gasteiger partial charge < -0.3 is 9.47 Å². The number of ether oxygens (including phenoxy) is 2. The van der Waals surface area contributed by atoms with Gasteiger partial charge in [0.1, 0.15) is 16.4 Å². The Kier molecular flexibility index (Phi) is 4.78. The zero-order valence-corrected chi connectivity index (χ0v) is 13.8. The molecule has 1 aliphatic heterocycles. The molecule has 1 aromatic rings. The fraction of sp³-hybridized carbons (Fsp3) is 0.600. The van der Waals surface area contributed by atoms with Crippen LogP contribution in [0, 0.1) is 0 Å². The Morgan fingerprint density at radius 2 is 1.71 bits per heavy atom. The number of hydrogen-bond donors (Lipinski definition) is 0. The van der Waals surface area contributed by atoms with Crippen LogP contribution in [0.2, 0.25) is 0 Å². The summed E-state index contributed by atoms with van der Waals surface area (Å²) in [5, 5.41) is 0. The van der Waals surface area contributed by atoms with Crippen molar-refractivity contribution in [3.63, 3.8) is 0 Å². The summed E-state index contributed by atoms with van der Waals surface area (Å²) in [4.78, 5) is 0.171. The SMILES string of the molecule is COc1ccc(OC)c(S(=O)(=O)N2[C@H](C)CCC[C@H]2C)c1. The van der Waals surface area contributed by atoms with Gasteiger partial charge in [0.15, 0.2) is 0 Å². The Morgan fingerprint density at radius 1 is 1.10 bits per heavy atom. The van der Waals surface area contributed by atoms with Crippen molar-refractivity contribution in [3.8, 4) is 11.5 Å². The summed E-state index contributed by atoms with van der Waals surface area (Å²) in [5.41, 5.74) is 0. The molecule has 1 aliphatic rings. The largest absolute Gasteiger partial charge is 0.497 e. The third kappa shape index (κ3) is 3.01. The molecule has 0 radical (unpaired) electrons. The van der Waals surface area contributed by atoms with Crippen LogP contribution < -0.4 is 9.47 Å². The highest BCUT2D eigenvalue weighted by Gasteiger charge is 2.37. The standard InChI is InChI=1S/C15H23NO4S/c1-11-6-5-7-12(2)16(11)21(17,18)15-10-13(19-3)8-9-14(15)20-4/h8-12H,5-7H2,1-4H3/t11-,12-/m1/s1. The van der Waals surface area contributed by atoms with Gasteiger partial charge in [-0.15, -0.1) is 0 Å². The van der Waals surface area contributed by atoms with E-state index in [0.29, 0.717) is 11.5 Å². The predicted molar refractivity (Wildman–Crippen MR) is 81.3 cm³/mol. The number of methoxy groups -OCH3 is 2. The van der Waals surface area contributed by atoms with Crippen LogP contribution in [0.25, 0.3) is 0 Å². The Bertz CT molecular complexity index is 590. The third-order valence-corrected chi connectivity index (χ3v) is 6.19. The van der Waals surface area contributed by atoms with E-state index in [0.717, 1.165) is 19.3 Å². The number of hydrogen-bond acceptors (Lipinski definition) is 4. The average Bonchev–Trinajstić information content (AvgIpc) is 2.46. The van der Waals surface area contributed by atoms with E-state index in [-0.39, 0.29) is 17.0 Å². The predicted octanol–water partition coefficient (Wildman–Crippen LogP) is 2.66. The summed E-state index contributed by atoms with van der Waals surface area (Å²) in [6.45, 7) is 3.92. The number of sulfonamides is 1. The second-order valence-electron chi connectivity index (χ2n) is 5.48. The van der Waals surface area contributed by atoms with E-state index in [1.807, 2.05) is 13.8 Å². The number of nitrogens with zero attached hydrogens (tertiary/aromatic N) is 1. The quantitative estimate of drug-likeness (QED) is 0.857. The van der Waals surface area contributed by atoms with E-state index in [9.17, 15) is 8.42 Å². The average molecular weight is 313 g/mol. The van der Waals surface area contributed by atoms with E-state index in [1.165, 1.54) is 20.3 Å². The van der Waals surface area contributed by atoms with Gasteiger partial charge in [-0.3, -0.25) is 0 Å². The number of benzene rings is 1. The minimum atomic E-state index is -3.61. The van der Waals surface area contributed by atoms with Crippen LogP contribution in [0.1, 0.15) is 33.1 Å². The van der Waals surface area contributed by atoms with Crippen LogP contribution in [0.15, 0.2) is 23.1 Å². The molecule has 2 rings (SSSR count). The van der Waals surface area contributed by atoms with E-state index in [4.69, 9.17) is 9.47 Å². The molecule has 1 fully saturated rings. The van der Waals surface area contributed by atoms with Crippen molar-refractivity contribution in [2.24, 2.45) is 0 Å². The minimum Gasteiger partial charge on any atom is -0.497 e. The molecule has 0 amide bonds. The first-order valence-electron chi connectivity index (χ1n) is 7.17. The van der Waals surface area contributed by atoms with Gasteiger partial charge in [0.25, 0.3) is 0 Å². The molecule has 1 saturated heterocycles. The van der Waals surface area contributed by atoms with Crippen LogP contribution in [-0.4, -0.2) is 39.0 Å². The zero-order valence-electron chi connectivity index (χ0n) is 13.0. The molecular formula is C15H23NO4S. The Morgan fingerprint density at radius 3 is 2.24 bits per heavy atom. The maximum absolute atomic E-state index is 13.0. The molecule has 21 heavy (non-hydrogen) atoms. The molecule has 2 atom stereocenters. The van der Waals surface area contributed by atoms with Crippen LogP contribution >= 0.6 is 0 Å². The Hall–Kier alpha value is -1.27. The molecule has 0 unspecified atom stereocenters. The lowest BCUT2D eigenvalue weighted by atomic mass is 10.0. The van der Waals surface area contributed by atoms with Crippen LogP contribution in [0.4, 0.5) is 0 Å². The molecule has 0 aliphatic carbocycles. The normalized spacial score (nSPS) is 23.8. The van der Waals surface area contributed by atoms with Gasteiger partial charge in [0.2, 0.25) is 10.0 Å². The topological polar surface area (TPSA) is 55.8 Å². The molecular weight excluding hydrogens is 290 g/mol. The molecule has 0 N–H and O–H groups in total. The third-order valence-electron chi connectivity index (χ3n) is 4.04. The van der Waals surface area contributed by atoms with Crippen molar-refractivity contribution >= 4 is 10.0 Å². The fourth-order valence-corrected chi connectivity index (χ4v) is 5.03. The zero-order chi connectivity index (χ0) is 15.6. The van der Waals surface area contributed by atoms with Gasteiger partial charge in [0, 0.05) is 18.2 Å². The summed E-state index contributed by atoms with van der Waals surface area (Å²) in [7, 11) is -0.613. The summed E-state index contributed by atoms with van der Waals surface area (Å²) in [6, 6.07) is 4.85. The van der Waals surface area contributed by atoms with Crippen LogP contribution in [0.3, 0.4) is 0 Å². The number of piperidine rings is 1. The number of rotatable bonds is 4. The molecule has 6 heteroatoms.